The molecule has 1 aliphatic heterocycles. The minimum atomic E-state index is 0.332. The van der Waals surface area contributed by atoms with Crippen molar-refractivity contribution in [3.05, 3.63) is 24.3 Å². The van der Waals surface area contributed by atoms with E-state index in [0.29, 0.717) is 6.10 Å². The molecule has 1 aliphatic carbocycles. The lowest BCUT2D eigenvalue weighted by Crippen LogP contribution is -2.58. The molecule has 3 nitrogen and oxygen atoms in total. The SMILES string of the molecule is COc1ccccc1OC1CN(C2CCCCC2)C1. The third kappa shape index (κ3) is 2.86. The van der Waals surface area contributed by atoms with Gasteiger partial charge in [-0.3, -0.25) is 4.90 Å². The third-order valence-corrected chi connectivity index (χ3v) is 4.33. The summed E-state index contributed by atoms with van der Waals surface area (Å²) in [5, 5.41) is 0. The molecule has 1 aromatic carbocycles. The zero-order valence-electron chi connectivity index (χ0n) is 11.7. The summed E-state index contributed by atoms with van der Waals surface area (Å²) in [4.78, 5) is 2.58. The van der Waals surface area contributed by atoms with E-state index in [1.165, 1.54) is 32.1 Å². The molecule has 1 aromatic rings. The predicted molar refractivity (Wildman–Crippen MR) is 75.9 cm³/mol. The summed E-state index contributed by atoms with van der Waals surface area (Å²) in [6, 6.07) is 8.72. The van der Waals surface area contributed by atoms with E-state index in [4.69, 9.17) is 9.47 Å². The molecule has 0 radical (unpaired) electrons. The third-order valence-electron chi connectivity index (χ3n) is 4.33. The number of ether oxygens (including phenoxy) is 2. The van der Waals surface area contributed by atoms with Gasteiger partial charge in [0.05, 0.1) is 7.11 Å². The minimum absolute atomic E-state index is 0.332. The van der Waals surface area contributed by atoms with Crippen LogP contribution >= 0.6 is 0 Å². The van der Waals surface area contributed by atoms with Gasteiger partial charge in [-0.1, -0.05) is 31.4 Å². The van der Waals surface area contributed by atoms with E-state index in [1.54, 1.807) is 7.11 Å². The molecule has 0 N–H and O–H groups in total. The molecule has 1 saturated carbocycles. The van der Waals surface area contributed by atoms with Gasteiger partial charge in [-0.15, -0.1) is 0 Å². The highest BCUT2D eigenvalue weighted by Gasteiger charge is 2.34. The van der Waals surface area contributed by atoms with Crippen LogP contribution in [0.25, 0.3) is 0 Å². The Labute approximate surface area is 115 Å². The first kappa shape index (κ1) is 12.8. The van der Waals surface area contributed by atoms with Crippen molar-refractivity contribution in [3.8, 4) is 11.5 Å². The smallest absolute Gasteiger partial charge is 0.161 e. The number of nitrogens with zero attached hydrogens (tertiary/aromatic N) is 1. The number of methoxy groups -OCH3 is 1. The molecule has 1 saturated heterocycles. The molecule has 1 heterocycles. The average Bonchev–Trinajstić information content (AvgIpc) is 2.43. The quantitative estimate of drug-likeness (QED) is 0.831. The van der Waals surface area contributed by atoms with Gasteiger partial charge in [0.15, 0.2) is 11.5 Å². The second-order valence-electron chi connectivity index (χ2n) is 5.64. The van der Waals surface area contributed by atoms with Crippen molar-refractivity contribution in [3.63, 3.8) is 0 Å². The van der Waals surface area contributed by atoms with E-state index in [1.807, 2.05) is 24.3 Å². The Morgan fingerprint density at radius 2 is 1.68 bits per heavy atom. The number of hydrogen-bond donors (Lipinski definition) is 0. The topological polar surface area (TPSA) is 21.7 Å². The summed E-state index contributed by atoms with van der Waals surface area (Å²) >= 11 is 0. The zero-order chi connectivity index (χ0) is 13.1. The molecular formula is C16H23NO2. The van der Waals surface area contributed by atoms with E-state index < -0.39 is 0 Å². The lowest BCUT2D eigenvalue weighted by atomic mass is 9.92. The molecule has 0 amide bonds. The van der Waals surface area contributed by atoms with E-state index >= 15 is 0 Å². The number of likely N-dealkylation sites (tertiary alicyclic amines) is 1. The molecule has 0 unspecified atom stereocenters. The molecule has 0 aromatic heterocycles. The first-order chi connectivity index (χ1) is 9.36. The van der Waals surface area contributed by atoms with Gasteiger partial charge < -0.3 is 9.47 Å². The summed E-state index contributed by atoms with van der Waals surface area (Å²) in [7, 11) is 1.69. The van der Waals surface area contributed by atoms with Crippen molar-refractivity contribution in [2.45, 2.75) is 44.2 Å². The average molecular weight is 261 g/mol. The molecule has 3 heteroatoms. The molecule has 0 atom stereocenters. The Kier molecular flexibility index (Phi) is 3.92. The van der Waals surface area contributed by atoms with Crippen LogP contribution in [0, 0.1) is 0 Å². The van der Waals surface area contributed by atoms with Crippen LogP contribution in [-0.4, -0.2) is 37.2 Å². The summed E-state index contributed by atoms with van der Waals surface area (Å²) in [6.07, 6.45) is 7.31. The highest BCUT2D eigenvalue weighted by molar-refractivity contribution is 5.39. The first-order valence-corrected chi connectivity index (χ1v) is 7.40. The van der Waals surface area contributed by atoms with Crippen LogP contribution in [0.4, 0.5) is 0 Å². The Balaban J connectivity index is 1.51. The van der Waals surface area contributed by atoms with Gasteiger partial charge in [0.1, 0.15) is 6.10 Å². The van der Waals surface area contributed by atoms with Crippen LogP contribution in [0.15, 0.2) is 24.3 Å². The van der Waals surface area contributed by atoms with Crippen molar-refractivity contribution in [1.82, 2.24) is 4.90 Å². The molecule has 0 spiro atoms. The second-order valence-corrected chi connectivity index (χ2v) is 5.64. The van der Waals surface area contributed by atoms with E-state index in [0.717, 1.165) is 30.6 Å². The molecule has 3 rings (SSSR count). The van der Waals surface area contributed by atoms with Gasteiger partial charge in [0.2, 0.25) is 0 Å². The predicted octanol–water partition coefficient (Wildman–Crippen LogP) is 3.09. The van der Waals surface area contributed by atoms with Crippen LogP contribution in [0.1, 0.15) is 32.1 Å². The van der Waals surface area contributed by atoms with Crippen LogP contribution < -0.4 is 9.47 Å². The van der Waals surface area contributed by atoms with Gasteiger partial charge in [0, 0.05) is 19.1 Å². The highest BCUT2D eigenvalue weighted by atomic mass is 16.5. The van der Waals surface area contributed by atoms with Crippen LogP contribution in [-0.2, 0) is 0 Å². The standard InChI is InChI=1S/C16H23NO2/c1-18-15-9-5-6-10-16(15)19-14-11-17(12-14)13-7-3-2-4-8-13/h5-6,9-10,13-14H,2-4,7-8,11-12H2,1H3. The Morgan fingerprint density at radius 3 is 2.37 bits per heavy atom. The van der Waals surface area contributed by atoms with Crippen LogP contribution in [0.2, 0.25) is 0 Å². The number of hydrogen-bond acceptors (Lipinski definition) is 3. The fourth-order valence-electron chi connectivity index (χ4n) is 3.18. The molecule has 0 bridgehead atoms. The molecule has 2 fully saturated rings. The molecule has 19 heavy (non-hydrogen) atoms. The van der Waals surface area contributed by atoms with E-state index in [9.17, 15) is 0 Å². The monoisotopic (exact) mass is 261 g/mol. The summed E-state index contributed by atoms with van der Waals surface area (Å²) in [5.74, 6) is 1.71. The lowest BCUT2D eigenvalue weighted by Gasteiger charge is -2.45. The first-order valence-electron chi connectivity index (χ1n) is 7.40. The molecular weight excluding hydrogens is 238 g/mol. The Hall–Kier alpha value is -1.22. The van der Waals surface area contributed by atoms with Crippen molar-refractivity contribution in [2.24, 2.45) is 0 Å². The van der Waals surface area contributed by atoms with Crippen molar-refractivity contribution in [1.29, 1.82) is 0 Å². The minimum Gasteiger partial charge on any atom is -0.493 e. The summed E-state index contributed by atoms with van der Waals surface area (Å²) in [6.45, 7) is 2.14. The fraction of sp³-hybridized carbons (Fsp3) is 0.625. The maximum Gasteiger partial charge on any atom is 0.161 e. The van der Waals surface area contributed by atoms with Crippen molar-refractivity contribution >= 4 is 0 Å². The summed E-state index contributed by atoms with van der Waals surface area (Å²) in [5.41, 5.74) is 0. The highest BCUT2D eigenvalue weighted by Crippen LogP contribution is 2.31. The largest absolute Gasteiger partial charge is 0.493 e. The van der Waals surface area contributed by atoms with Crippen LogP contribution in [0.5, 0.6) is 11.5 Å². The zero-order valence-corrected chi connectivity index (χ0v) is 11.7. The maximum absolute atomic E-state index is 6.03. The van der Waals surface area contributed by atoms with Gasteiger partial charge in [-0.2, -0.15) is 0 Å². The number of para-hydroxylation sites is 2. The van der Waals surface area contributed by atoms with E-state index in [-0.39, 0.29) is 0 Å². The normalized spacial score (nSPS) is 21.9. The van der Waals surface area contributed by atoms with Gasteiger partial charge in [0.25, 0.3) is 0 Å². The Bertz CT molecular complexity index is 409. The number of rotatable bonds is 4. The van der Waals surface area contributed by atoms with Crippen LogP contribution in [0.3, 0.4) is 0 Å². The van der Waals surface area contributed by atoms with Gasteiger partial charge in [-0.25, -0.2) is 0 Å². The second kappa shape index (κ2) is 5.83. The maximum atomic E-state index is 6.03. The van der Waals surface area contributed by atoms with E-state index in [2.05, 4.69) is 4.90 Å². The van der Waals surface area contributed by atoms with Crippen molar-refractivity contribution < 1.29 is 9.47 Å². The Morgan fingerprint density at radius 1 is 1.00 bits per heavy atom. The molecule has 2 aliphatic rings. The number of benzene rings is 1. The molecule has 104 valence electrons. The van der Waals surface area contributed by atoms with Crippen molar-refractivity contribution in [2.75, 3.05) is 20.2 Å². The van der Waals surface area contributed by atoms with Gasteiger partial charge >= 0.3 is 0 Å². The fourth-order valence-corrected chi connectivity index (χ4v) is 3.18. The van der Waals surface area contributed by atoms with Gasteiger partial charge in [-0.05, 0) is 25.0 Å². The summed E-state index contributed by atoms with van der Waals surface area (Å²) < 4.78 is 11.3. The lowest BCUT2D eigenvalue weighted by molar-refractivity contribution is -0.0197.